The molecule has 0 aromatic heterocycles. The van der Waals surface area contributed by atoms with Crippen LogP contribution in [0.5, 0.6) is 0 Å². The van der Waals surface area contributed by atoms with Crippen LogP contribution >= 0.6 is 0 Å². The molecule has 0 saturated heterocycles. The van der Waals surface area contributed by atoms with Crippen molar-refractivity contribution in [3.8, 4) is 0 Å². The lowest BCUT2D eigenvalue weighted by molar-refractivity contribution is -0.385. The van der Waals surface area contributed by atoms with Crippen LogP contribution in [0.25, 0.3) is 0 Å². The number of ether oxygens (including phenoxy) is 3. The van der Waals surface area contributed by atoms with Gasteiger partial charge in [-0.05, 0) is 12.3 Å². The van der Waals surface area contributed by atoms with E-state index in [-0.39, 0.29) is 5.92 Å². The fourth-order valence-corrected chi connectivity index (χ4v) is 2.59. The fourth-order valence-electron chi connectivity index (χ4n) is 2.59. The third kappa shape index (κ3) is 5.25. The second-order valence-corrected chi connectivity index (χ2v) is 5.27. The average molecular weight is 260 g/mol. The van der Waals surface area contributed by atoms with Gasteiger partial charge in [-0.25, -0.2) is 0 Å². The van der Waals surface area contributed by atoms with Crippen molar-refractivity contribution in [2.45, 2.75) is 65.3 Å². The summed E-state index contributed by atoms with van der Waals surface area (Å²) in [7, 11) is 4.96. The Hall–Kier alpha value is -0.120. The minimum Gasteiger partial charge on any atom is -0.331 e. The van der Waals surface area contributed by atoms with E-state index in [4.69, 9.17) is 14.2 Å². The molecule has 0 aliphatic rings. The van der Waals surface area contributed by atoms with Crippen molar-refractivity contribution in [2.24, 2.45) is 11.8 Å². The SMILES string of the molecule is CCCCCCCC(C(C)C)C(OC)(OC)OC. The zero-order valence-electron chi connectivity index (χ0n) is 13.1. The van der Waals surface area contributed by atoms with Crippen LogP contribution in [0.15, 0.2) is 0 Å². The van der Waals surface area contributed by atoms with Gasteiger partial charge in [-0.3, -0.25) is 0 Å². The summed E-state index contributed by atoms with van der Waals surface area (Å²) in [4.78, 5) is 0. The summed E-state index contributed by atoms with van der Waals surface area (Å²) in [6.45, 7) is 6.63. The molecule has 18 heavy (non-hydrogen) atoms. The zero-order chi connectivity index (χ0) is 14.0. The molecule has 0 aromatic rings. The third-order valence-corrected chi connectivity index (χ3v) is 3.73. The van der Waals surface area contributed by atoms with E-state index in [2.05, 4.69) is 20.8 Å². The molecule has 0 bridgehead atoms. The van der Waals surface area contributed by atoms with Gasteiger partial charge in [-0.1, -0.05) is 52.9 Å². The van der Waals surface area contributed by atoms with Crippen LogP contribution in [-0.4, -0.2) is 27.3 Å². The largest absolute Gasteiger partial charge is 0.331 e. The van der Waals surface area contributed by atoms with Crippen LogP contribution in [0.1, 0.15) is 59.3 Å². The van der Waals surface area contributed by atoms with Crippen molar-refractivity contribution in [3.63, 3.8) is 0 Å². The molecule has 3 heteroatoms. The van der Waals surface area contributed by atoms with Crippen molar-refractivity contribution >= 4 is 0 Å². The summed E-state index contributed by atoms with van der Waals surface area (Å²) in [5.74, 6) is -0.158. The van der Waals surface area contributed by atoms with Crippen molar-refractivity contribution in [1.29, 1.82) is 0 Å². The first-order valence-electron chi connectivity index (χ1n) is 7.23. The standard InChI is InChI=1S/C15H32O3/c1-7-8-9-10-11-12-14(13(2)3)15(16-4,17-5)18-6/h13-14H,7-12H2,1-6H3. The second kappa shape index (κ2) is 9.76. The third-order valence-electron chi connectivity index (χ3n) is 3.73. The topological polar surface area (TPSA) is 27.7 Å². The molecule has 0 amide bonds. The molecule has 0 heterocycles. The first-order chi connectivity index (χ1) is 8.57. The van der Waals surface area contributed by atoms with Crippen molar-refractivity contribution < 1.29 is 14.2 Å². The Morgan fingerprint density at radius 2 is 1.33 bits per heavy atom. The highest BCUT2D eigenvalue weighted by molar-refractivity contribution is 4.74. The van der Waals surface area contributed by atoms with Crippen LogP contribution in [0.4, 0.5) is 0 Å². The normalized spacial score (nSPS) is 14.2. The Kier molecular flexibility index (Phi) is 9.70. The number of rotatable bonds is 11. The minimum atomic E-state index is -0.890. The Balaban J connectivity index is 4.36. The first-order valence-corrected chi connectivity index (χ1v) is 7.23. The highest BCUT2D eigenvalue weighted by atomic mass is 16.9. The summed E-state index contributed by atoms with van der Waals surface area (Å²) in [5.41, 5.74) is 0. The lowest BCUT2D eigenvalue weighted by atomic mass is 9.87. The molecule has 0 N–H and O–H groups in total. The Morgan fingerprint density at radius 3 is 1.72 bits per heavy atom. The predicted octanol–water partition coefficient (Wildman–Crippen LogP) is 4.21. The highest BCUT2D eigenvalue weighted by Gasteiger charge is 2.41. The van der Waals surface area contributed by atoms with Gasteiger partial charge in [-0.15, -0.1) is 0 Å². The molecule has 3 nitrogen and oxygen atoms in total. The van der Waals surface area contributed by atoms with Gasteiger partial charge in [0.15, 0.2) is 0 Å². The van der Waals surface area contributed by atoms with E-state index < -0.39 is 5.97 Å². The smallest absolute Gasteiger partial charge is 0.285 e. The molecule has 0 spiro atoms. The van der Waals surface area contributed by atoms with Gasteiger partial charge >= 0.3 is 0 Å². The van der Waals surface area contributed by atoms with Gasteiger partial charge in [0.2, 0.25) is 0 Å². The van der Waals surface area contributed by atoms with Crippen LogP contribution in [-0.2, 0) is 14.2 Å². The fraction of sp³-hybridized carbons (Fsp3) is 1.00. The summed E-state index contributed by atoms with van der Waals surface area (Å²) in [6, 6.07) is 0. The summed E-state index contributed by atoms with van der Waals surface area (Å²) in [5, 5.41) is 0. The molecule has 0 saturated carbocycles. The van der Waals surface area contributed by atoms with E-state index in [0.717, 1.165) is 6.42 Å². The predicted molar refractivity (Wildman–Crippen MR) is 75.5 cm³/mol. The maximum Gasteiger partial charge on any atom is 0.285 e. The average Bonchev–Trinajstić information content (AvgIpc) is 2.38. The van der Waals surface area contributed by atoms with Gasteiger partial charge in [0.25, 0.3) is 5.97 Å². The molecule has 0 aliphatic heterocycles. The lowest BCUT2D eigenvalue weighted by Crippen LogP contribution is -2.46. The van der Waals surface area contributed by atoms with Gasteiger partial charge < -0.3 is 14.2 Å². The number of unbranched alkanes of at least 4 members (excludes halogenated alkanes) is 4. The number of hydrogen-bond donors (Lipinski definition) is 0. The highest BCUT2D eigenvalue weighted by Crippen LogP contribution is 2.34. The molecule has 1 unspecified atom stereocenters. The maximum absolute atomic E-state index is 5.49. The van der Waals surface area contributed by atoms with Crippen molar-refractivity contribution in [3.05, 3.63) is 0 Å². The molecular formula is C15H32O3. The minimum absolute atomic E-state index is 0.263. The Labute approximate surface area is 113 Å². The monoisotopic (exact) mass is 260 g/mol. The Morgan fingerprint density at radius 1 is 0.833 bits per heavy atom. The summed E-state index contributed by atoms with van der Waals surface area (Å²) in [6.07, 6.45) is 7.51. The summed E-state index contributed by atoms with van der Waals surface area (Å²) < 4.78 is 16.5. The van der Waals surface area contributed by atoms with Gasteiger partial charge in [0, 0.05) is 27.2 Å². The van der Waals surface area contributed by atoms with Crippen molar-refractivity contribution in [2.75, 3.05) is 21.3 Å². The summed E-state index contributed by atoms with van der Waals surface area (Å²) >= 11 is 0. The molecule has 110 valence electrons. The maximum atomic E-state index is 5.49. The lowest BCUT2D eigenvalue weighted by Gasteiger charge is -2.38. The van der Waals surface area contributed by atoms with Gasteiger partial charge in [-0.2, -0.15) is 0 Å². The molecule has 0 rings (SSSR count). The molecule has 0 aromatic carbocycles. The van der Waals surface area contributed by atoms with Crippen LogP contribution < -0.4 is 0 Å². The van der Waals surface area contributed by atoms with E-state index in [9.17, 15) is 0 Å². The molecule has 1 atom stereocenters. The molecular weight excluding hydrogens is 228 g/mol. The number of methoxy groups -OCH3 is 3. The quantitative estimate of drug-likeness (QED) is 0.411. The van der Waals surface area contributed by atoms with E-state index in [0.29, 0.717) is 5.92 Å². The van der Waals surface area contributed by atoms with E-state index in [1.165, 1.54) is 32.1 Å². The molecule has 0 aliphatic carbocycles. The second-order valence-electron chi connectivity index (χ2n) is 5.27. The number of hydrogen-bond acceptors (Lipinski definition) is 3. The van der Waals surface area contributed by atoms with E-state index in [1.807, 2.05) is 0 Å². The van der Waals surface area contributed by atoms with E-state index in [1.54, 1.807) is 21.3 Å². The zero-order valence-corrected chi connectivity index (χ0v) is 13.1. The van der Waals surface area contributed by atoms with Gasteiger partial charge in [0.05, 0.1) is 0 Å². The van der Waals surface area contributed by atoms with Crippen LogP contribution in [0.3, 0.4) is 0 Å². The first kappa shape index (κ1) is 17.9. The van der Waals surface area contributed by atoms with Crippen LogP contribution in [0, 0.1) is 11.8 Å². The van der Waals surface area contributed by atoms with Crippen LogP contribution in [0.2, 0.25) is 0 Å². The molecule has 0 fully saturated rings. The van der Waals surface area contributed by atoms with E-state index >= 15 is 0 Å². The molecule has 0 radical (unpaired) electrons. The van der Waals surface area contributed by atoms with Gasteiger partial charge in [0.1, 0.15) is 0 Å². The van der Waals surface area contributed by atoms with Crippen molar-refractivity contribution in [1.82, 2.24) is 0 Å². The Bertz CT molecular complexity index is 180.